The molecule has 3 nitrogen and oxygen atoms in total. The Morgan fingerprint density at radius 1 is 1.47 bits per heavy atom. The summed E-state index contributed by atoms with van der Waals surface area (Å²) in [5.41, 5.74) is 3.72. The van der Waals surface area contributed by atoms with E-state index in [9.17, 15) is 18.0 Å². The number of rotatable bonds is 2. The summed E-state index contributed by atoms with van der Waals surface area (Å²) in [7, 11) is 1.13. The van der Waals surface area contributed by atoms with Gasteiger partial charge in [0.15, 0.2) is 0 Å². The van der Waals surface area contributed by atoms with E-state index in [-0.39, 0.29) is 11.1 Å². The summed E-state index contributed by atoms with van der Waals surface area (Å²) in [6.07, 6.45) is -3.43. The van der Waals surface area contributed by atoms with Crippen LogP contribution in [0, 0.1) is 0 Å². The minimum atomic E-state index is -4.57. The van der Waals surface area contributed by atoms with Gasteiger partial charge in [-0.15, -0.1) is 0 Å². The molecule has 17 heavy (non-hydrogen) atoms. The summed E-state index contributed by atoms with van der Waals surface area (Å²) in [5, 5.41) is 0. The molecule has 0 amide bonds. The molecule has 0 spiro atoms. The summed E-state index contributed by atoms with van der Waals surface area (Å²) in [4.78, 5) is 11.3. The van der Waals surface area contributed by atoms with Crippen LogP contribution in [-0.4, -0.2) is 13.1 Å². The quantitative estimate of drug-likeness (QED) is 0.643. The first kappa shape index (κ1) is 13.1. The summed E-state index contributed by atoms with van der Waals surface area (Å²) in [6, 6.07) is 1.71. The van der Waals surface area contributed by atoms with Gasteiger partial charge < -0.3 is 10.5 Å². The zero-order chi connectivity index (χ0) is 13.2. The number of methoxy groups -OCH3 is 1. The first-order valence-electron chi connectivity index (χ1n) is 4.52. The number of alkyl halides is 3. The number of esters is 1. The van der Waals surface area contributed by atoms with Gasteiger partial charge in [0.05, 0.1) is 18.2 Å². The molecule has 0 heterocycles. The Bertz CT molecular complexity index is 467. The lowest BCUT2D eigenvalue weighted by Gasteiger charge is -2.13. The number of ether oxygens (including phenoxy) is 1. The van der Waals surface area contributed by atoms with Crippen molar-refractivity contribution in [1.82, 2.24) is 0 Å². The summed E-state index contributed by atoms with van der Waals surface area (Å²) >= 11 is 0. The predicted octanol–water partition coefficient (Wildman–Crippen LogP) is 2.72. The van der Waals surface area contributed by atoms with Gasteiger partial charge in [0.2, 0.25) is 0 Å². The smallest absolute Gasteiger partial charge is 0.418 e. The third kappa shape index (κ3) is 2.58. The van der Waals surface area contributed by atoms with Crippen LogP contribution in [0.4, 0.5) is 18.9 Å². The van der Waals surface area contributed by atoms with Crippen LogP contribution in [0.3, 0.4) is 0 Å². The molecule has 1 rings (SSSR count). The molecule has 0 radical (unpaired) electrons. The van der Waals surface area contributed by atoms with Crippen molar-refractivity contribution in [2.24, 2.45) is 0 Å². The molecule has 0 aromatic heterocycles. The fourth-order valence-electron chi connectivity index (χ4n) is 1.33. The highest BCUT2D eigenvalue weighted by molar-refractivity contribution is 5.95. The number of nitrogens with two attached hydrogens (primary N) is 1. The second-order valence-corrected chi connectivity index (χ2v) is 3.22. The molecule has 0 bridgehead atoms. The van der Waals surface area contributed by atoms with E-state index in [4.69, 9.17) is 5.73 Å². The van der Waals surface area contributed by atoms with Crippen molar-refractivity contribution in [3.8, 4) is 0 Å². The van der Waals surface area contributed by atoms with E-state index in [1.165, 1.54) is 0 Å². The molecule has 1 aromatic carbocycles. The Kier molecular flexibility index (Phi) is 3.45. The van der Waals surface area contributed by atoms with Crippen molar-refractivity contribution >= 4 is 17.7 Å². The molecule has 0 fully saturated rings. The first-order chi connectivity index (χ1) is 7.81. The van der Waals surface area contributed by atoms with E-state index in [1.807, 2.05) is 0 Å². The topological polar surface area (TPSA) is 52.3 Å². The van der Waals surface area contributed by atoms with Gasteiger partial charge in [-0.3, -0.25) is 0 Å². The summed E-state index contributed by atoms with van der Waals surface area (Å²) < 4.78 is 42.1. The van der Waals surface area contributed by atoms with Gasteiger partial charge in [-0.2, -0.15) is 13.2 Å². The molecule has 0 aliphatic heterocycles. The average Bonchev–Trinajstić information content (AvgIpc) is 2.26. The van der Waals surface area contributed by atoms with Crippen molar-refractivity contribution in [2.75, 3.05) is 12.8 Å². The fourth-order valence-corrected chi connectivity index (χ4v) is 1.33. The van der Waals surface area contributed by atoms with Gasteiger partial charge in [-0.1, -0.05) is 12.7 Å². The average molecular weight is 245 g/mol. The molecule has 1 aromatic rings. The fraction of sp³-hybridized carbons (Fsp3) is 0.182. The van der Waals surface area contributed by atoms with Crippen LogP contribution >= 0.6 is 0 Å². The van der Waals surface area contributed by atoms with Crippen molar-refractivity contribution in [2.45, 2.75) is 6.18 Å². The Hall–Kier alpha value is -1.98. The van der Waals surface area contributed by atoms with Crippen molar-refractivity contribution in [1.29, 1.82) is 0 Å². The van der Waals surface area contributed by atoms with E-state index in [1.54, 1.807) is 0 Å². The Morgan fingerprint density at radius 2 is 2.06 bits per heavy atom. The predicted molar refractivity (Wildman–Crippen MR) is 57.3 cm³/mol. The van der Waals surface area contributed by atoms with E-state index in [2.05, 4.69) is 11.3 Å². The van der Waals surface area contributed by atoms with Crippen LogP contribution in [-0.2, 0) is 10.9 Å². The molecule has 92 valence electrons. The zero-order valence-corrected chi connectivity index (χ0v) is 8.97. The molecule has 0 atom stereocenters. The number of hydrogen-bond acceptors (Lipinski definition) is 3. The molecule has 6 heteroatoms. The van der Waals surface area contributed by atoms with Crippen LogP contribution < -0.4 is 5.73 Å². The Labute approximate surface area is 95.7 Å². The monoisotopic (exact) mass is 245 g/mol. The van der Waals surface area contributed by atoms with Crippen molar-refractivity contribution in [3.05, 3.63) is 35.4 Å². The van der Waals surface area contributed by atoms with Gasteiger partial charge >= 0.3 is 12.1 Å². The lowest BCUT2D eigenvalue weighted by molar-refractivity contribution is -0.136. The maximum atomic E-state index is 12.5. The zero-order valence-electron chi connectivity index (χ0n) is 8.97. The minimum absolute atomic E-state index is 0.0263. The number of halogens is 3. The minimum Gasteiger partial charge on any atom is -0.465 e. The summed E-state index contributed by atoms with van der Waals surface area (Å²) in [5.74, 6) is -0.764. The van der Waals surface area contributed by atoms with E-state index >= 15 is 0 Å². The number of carbonyl (C=O) groups excluding carboxylic acids is 1. The molecule has 2 N–H and O–H groups in total. The Balaban J connectivity index is 3.45. The van der Waals surface area contributed by atoms with Gasteiger partial charge in [-0.25, -0.2) is 4.79 Å². The summed E-state index contributed by atoms with van der Waals surface area (Å²) in [6.45, 7) is 3.35. The highest BCUT2D eigenvalue weighted by atomic mass is 19.4. The molecule has 0 aliphatic carbocycles. The van der Waals surface area contributed by atoms with Gasteiger partial charge in [0.1, 0.15) is 0 Å². The lowest BCUT2D eigenvalue weighted by Crippen LogP contribution is -2.12. The molecular weight excluding hydrogens is 235 g/mol. The normalized spacial score (nSPS) is 11.1. The molecule has 0 aliphatic rings. The van der Waals surface area contributed by atoms with Gasteiger partial charge in [-0.05, 0) is 17.7 Å². The molecular formula is C11H10F3NO2. The highest BCUT2D eigenvalue weighted by Crippen LogP contribution is 2.35. The van der Waals surface area contributed by atoms with Crippen LogP contribution in [0.1, 0.15) is 21.5 Å². The number of hydrogen-bond donors (Lipinski definition) is 1. The van der Waals surface area contributed by atoms with Crippen LogP contribution in [0.15, 0.2) is 18.7 Å². The maximum absolute atomic E-state index is 12.5. The molecule has 0 unspecified atom stereocenters. The Morgan fingerprint density at radius 3 is 2.47 bits per heavy atom. The standard InChI is InChI=1S/C11H10F3NO2/c1-3-6-4-8(11(12,13)14)9(15)5-7(6)10(16)17-2/h3-5H,1,15H2,2H3. The van der Waals surface area contributed by atoms with Crippen molar-refractivity contribution in [3.63, 3.8) is 0 Å². The van der Waals surface area contributed by atoms with E-state index < -0.39 is 23.4 Å². The number of carbonyl (C=O) groups is 1. The SMILES string of the molecule is C=Cc1cc(C(F)(F)F)c(N)cc1C(=O)OC. The maximum Gasteiger partial charge on any atom is 0.418 e. The first-order valence-corrected chi connectivity index (χ1v) is 4.52. The van der Waals surface area contributed by atoms with Crippen molar-refractivity contribution < 1.29 is 22.7 Å². The second-order valence-electron chi connectivity index (χ2n) is 3.22. The highest BCUT2D eigenvalue weighted by Gasteiger charge is 2.34. The second kappa shape index (κ2) is 4.48. The van der Waals surface area contributed by atoms with Crippen LogP contribution in [0.25, 0.3) is 6.08 Å². The third-order valence-corrected chi connectivity index (χ3v) is 2.15. The van der Waals surface area contributed by atoms with Gasteiger partial charge in [0, 0.05) is 5.69 Å². The number of nitrogen functional groups attached to an aromatic ring is 1. The van der Waals surface area contributed by atoms with E-state index in [0.717, 1.165) is 25.3 Å². The molecule has 0 saturated heterocycles. The van der Waals surface area contributed by atoms with Crippen LogP contribution in [0.5, 0.6) is 0 Å². The third-order valence-electron chi connectivity index (χ3n) is 2.15. The lowest BCUT2D eigenvalue weighted by atomic mass is 10.0. The number of anilines is 1. The number of benzene rings is 1. The molecule has 0 saturated carbocycles. The van der Waals surface area contributed by atoms with Gasteiger partial charge in [0.25, 0.3) is 0 Å². The largest absolute Gasteiger partial charge is 0.465 e. The van der Waals surface area contributed by atoms with E-state index in [0.29, 0.717) is 0 Å². The van der Waals surface area contributed by atoms with Crippen LogP contribution in [0.2, 0.25) is 0 Å².